The number of alkyl halides is 2. The van der Waals surface area contributed by atoms with Crippen molar-refractivity contribution in [3.05, 3.63) is 29.8 Å². The Hall–Kier alpha value is -2.18. The minimum absolute atomic E-state index is 0.0144. The number of carbonyl (C=O) groups excluding carboxylic acids is 1. The van der Waals surface area contributed by atoms with E-state index in [1.165, 1.54) is 36.2 Å². The second-order valence-corrected chi connectivity index (χ2v) is 6.05. The van der Waals surface area contributed by atoms with Crippen molar-refractivity contribution in [2.45, 2.75) is 50.7 Å². The average molecular weight is 341 g/mol. The highest BCUT2D eigenvalue weighted by atomic mass is 19.3. The largest absolute Gasteiger partial charge is 0.479 e. The van der Waals surface area contributed by atoms with Crippen LogP contribution in [0.25, 0.3) is 0 Å². The number of likely N-dealkylation sites (N-methyl/N-ethyl adjacent to an activating group) is 1. The van der Waals surface area contributed by atoms with Gasteiger partial charge in [-0.05, 0) is 30.5 Å². The van der Waals surface area contributed by atoms with Crippen molar-refractivity contribution in [1.29, 1.82) is 0 Å². The van der Waals surface area contributed by atoms with Crippen LogP contribution in [0.5, 0.6) is 5.75 Å². The average Bonchev–Trinajstić information content (AvgIpc) is 2.56. The molecule has 5 nitrogen and oxygen atoms in total. The normalized spacial score (nSPS) is 16.7. The molecule has 1 amide bonds. The molecule has 7 heteroatoms. The molecule has 0 saturated heterocycles. The summed E-state index contributed by atoms with van der Waals surface area (Å²) in [6.45, 7) is -2.90. The molecule has 1 fully saturated rings. The smallest absolute Gasteiger partial charge is 0.387 e. The van der Waals surface area contributed by atoms with E-state index in [2.05, 4.69) is 4.74 Å². The lowest BCUT2D eigenvalue weighted by atomic mass is 9.80. The number of rotatable bonds is 6. The summed E-state index contributed by atoms with van der Waals surface area (Å²) in [5.41, 5.74) is -0.529. The lowest BCUT2D eigenvalue weighted by Crippen LogP contribution is -2.56. The molecule has 24 heavy (non-hydrogen) atoms. The topological polar surface area (TPSA) is 66.8 Å². The van der Waals surface area contributed by atoms with Gasteiger partial charge < -0.3 is 14.7 Å². The fourth-order valence-electron chi connectivity index (χ4n) is 3.15. The minimum atomic E-state index is -2.90. The van der Waals surface area contributed by atoms with Crippen molar-refractivity contribution < 1.29 is 28.2 Å². The maximum absolute atomic E-state index is 12.5. The van der Waals surface area contributed by atoms with Gasteiger partial charge in [-0.3, -0.25) is 4.79 Å². The standard InChI is InChI=1S/C17H21F2NO4/c1-20(17(15(22)23)9-3-2-4-10-17)14(21)11-12-5-7-13(8-6-12)24-16(18)19/h5-8,16H,2-4,9-11H2,1H3,(H,22,23). The van der Waals surface area contributed by atoms with Crippen molar-refractivity contribution in [3.8, 4) is 5.75 Å². The van der Waals surface area contributed by atoms with E-state index >= 15 is 0 Å². The van der Waals surface area contributed by atoms with Crippen LogP contribution in [0.4, 0.5) is 8.78 Å². The summed E-state index contributed by atoms with van der Waals surface area (Å²) in [6, 6.07) is 5.78. The number of carboxylic acids is 1. The van der Waals surface area contributed by atoms with E-state index < -0.39 is 18.1 Å². The predicted octanol–water partition coefficient (Wildman–Crippen LogP) is 3.08. The van der Waals surface area contributed by atoms with Gasteiger partial charge in [0.1, 0.15) is 11.3 Å². The monoisotopic (exact) mass is 341 g/mol. The van der Waals surface area contributed by atoms with Crippen molar-refractivity contribution in [3.63, 3.8) is 0 Å². The number of ether oxygens (including phenoxy) is 1. The first-order valence-corrected chi connectivity index (χ1v) is 7.89. The molecule has 1 aliphatic rings. The zero-order chi connectivity index (χ0) is 17.7. The number of carbonyl (C=O) groups is 2. The molecule has 0 bridgehead atoms. The number of amides is 1. The first-order chi connectivity index (χ1) is 11.3. The first-order valence-electron chi connectivity index (χ1n) is 7.89. The number of halogens is 2. The summed E-state index contributed by atoms with van der Waals surface area (Å²) < 4.78 is 28.5. The summed E-state index contributed by atoms with van der Waals surface area (Å²) in [4.78, 5) is 25.6. The third-order valence-electron chi connectivity index (χ3n) is 4.60. The lowest BCUT2D eigenvalue weighted by molar-refractivity contribution is -0.160. The molecule has 132 valence electrons. The van der Waals surface area contributed by atoms with E-state index in [4.69, 9.17) is 0 Å². The van der Waals surface area contributed by atoms with Gasteiger partial charge in [0.2, 0.25) is 5.91 Å². The van der Waals surface area contributed by atoms with Crippen molar-refractivity contribution in [1.82, 2.24) is 4.90 Å². The van der Waals surface area contributed by atoms with Crippen LogP contribution in [0.1, 0.15) is 37.7 Å². The maximum atomic E-state index is 12.5. The summed E-state index contributed by atoms with van der Waals surface area (Å²) in [7, 11) is 1.52. The number of hydrogen-bond donors (Lipinski definition) is 1. The molecule has 1 saturated carbocycles. The summed E-state index contributed by atoms with van der Waals surface area (Å²) >= 11 is 0. The van der Waals surface area contributed by atoms with Crippen LogP contribution >= 0.6 is 0 Å². The zero-order valence-corrected chi connectivity index (χ0v) is 13.5. The van der Waals surface area contributed by atoms with Crippen LogP contribution in [-0.2, 0) is 16.0 Å². The number of nitrogens with zero attached hydrogens (tertiary/aromatic N) is 1. The zero-order valence-electron chi connectivity index (χ0n) is 13.5. The Morgan fingerprint density at radius 1 is 1.21 bits per heavy atom. The first kappa shape index (κ1) is 18.2. The molecule has 0 aromatic heterocycles. The molecule has 0 radical (unpaired) electrons. The SMILES string of the molecule is CN(C(=O)Cc1ccc(OC(F)F)cc1)C1(C(=O)O)CCCCC1. The lowest BCUT2D eigenvalue weighted by Gasteiger charge is -2.41. The van der Waals surface area contributed by atoms with E-state index in [9.17, 15) is 23.5 Å². The van der Waals surface area contributed by atoms with Crippen molar-refractivity contribution in [2.24, 2.45) is 0 Å². The predicted molar refractivity (Wildman–Crippen MR) is 83.0 cm³/mol. The molecule has 1 aliphatic carbocycles. The molecule has 0 heterocycles. The molecule has 1 aromatic carbocycles. The Balaban J connectivity index is 2.06. The molecule has 0 unspecified atom stereocenters. The Morgan fingerprint density at radius 2 is 1.79 bits per heavy atom. The van der Waals surface area contributed by atoms with Crippen LogP contribution in [0.15, 0.2) is 24.3 Å². The Labute approximate surface area is 139 Å². The second kappa shape index (κ2) is 7.59. The quantitative estimate of drug-likeness (QED) is 0.863. The summed E-state index contributed by atoms with van der Waals surface area (Å²) in [6.07, 6.45) is 3.45. The fourth-order valence-corrected chi connectivity index (χ4v) is 3.15. The fraction of sp³-hybridized carbons (Fsp3) is 0.529. The van der Waals surface area contributed by atoms with E-state index in [0.717, 1.165) is 19.3 Å². The minimum Gasteiger partial charge on any atom is -0.479 e. The molecular weight excluding hydrogens is 320 g/mol. The van der Waals surface area contributed by atoms with Gasteiger partial charge >= 0.3 is 12.6 Å². The highest BCUT2D eigenvalue weighted by molar-refractivity contribution is 5.88. The number of aliphatic carboxylic acids is 1. The van der Waals surface area contributed by atoms with E-state index in [0.29, 0.717) is 18.4 Å². The Bertz CT molecular complexity index is 583. The molecule has 0 spiro atoms. The van der Waals surface area contributed by atoms with Crippen LogP contribution in [0, 0.1) is 0 Å². The van der Waals surface area contributed by atoms with Gasteiger partial charge in [-0.1, -0.05) is 31.4 Å². The highest BCUT2D eigenvalue weighted by Crippen LogP contribution is 2.33. The van der Waals surface area contributed by atoms with Crippen LogP contribution < -0.4 is 4.74 Å². The van der Waals surface area contributed by atoms with Gasteiger partial charge in [0.25, 0.3) is 0 Å². The van der Waals surface area contributed by atoms with Gasteiger partial charge in [0.15, 0.2) is 0 Å². The third kappa shape index (κ3) is 4.01. The van der Waals surface area contributed by atoms with Gasteiger partial charge in [-0.25, -0.2) is 4.79 Å². The molecule has 1 N–H and O–H groups in total. The summed E-state index contributed by atoms with van der Waals surface area (Å²) in [5.74, 6) is -1.26. The number of benzene rings is 1. The molecule has 0 atom stereocenters. The van der Waals surface area contributed by atoms with E-state index in [1.807, 2.05) is 0 Å². The van der Waals surface area contributed by atoms with E-state index in [1.54, 1.807) is 0 Å². The second-order valence-electron chi connectivity index (χ2n) is 6.05. The Kier molecular flexibility index (Phi) is 5.75. The maximum Gasteiger partial charge on any atom is 0.387 e. The van der Waals surface area contributed by atoms with Crippen LogP contribution in [0.3, 0.4) is 0 Å². The van der Waals surface area contributed by atoms with E-state index in [-0.39, 0.29) is 18.1 Å². The number of hydrogen-bond acceptors (Lipinski definition) is 3. The molecule has 2 rings (SSSR count). The van der Waals surface area contributed by atoms with Gasteiger partial charge in [-0.2, -0.15) is 8.78 Å². The summed E-state index contributed by atoms with van der Waals surface area (Å²) in [5, 5.41) is 9.61. The van der Waals surface area contributed by atoms with Crippen LogP contribution in [0.2, 0.25) is 0 Å². The van der Waals surface area contributed by atoms with Gasteiger partial charge in [-0.15, -0.1) is 0 Å². The Morgan fingerprint density at radius 3 is 2.29 bits per heavy atom. The van der Waals surface area contributed by atoms with Gasteiger partial charge in [0, 0.05) is 7.05 Å². The highest BCUT2D eigenvalue weighted by Gasteiger charge is 2.45. The molecular formula is C17H21F2NO4. The van der Waals surface area contributed by atoms with Crippen LogP contribution in [-0.4, -0.2) is 41.1 Å². The molecule has 1 aromatic rings. The molecule has 0 aliphatic heterocycles. The van der Waals surface area contributed by atoms with Gasteiger partial charge in [0.05, 0.1) is 6.42 Å². The van der Waals surface area contributed by atoms with Crippen molar-refractivity contribution >= 4 is 11.9 Å². The number of carboxylic acid groups (broad SMARTS) is 1. The van der Waals surface area contributed by atoms with Crippen molar-refractivity contribution in [2.75, 3.05) is 7.05 Å². The third-order valence-corrected chi connectivity index (χ3v) is 4.60.